The van der Waals surface area contributed by atoms with Gasteiger partial charge in [0.25, 0.3) is 0 Å². The summed E-state index contributed by atoms with van der Waals surface area (Å²) in [5.41, 5.74) is 7.13. The molecular formula is C22H31N5O5. The molecule has 10 heteroatoms. The van der Waals surface area contributed by atoms with Gasteiger partial charge in [0.15, 0.2) is 0 Å². The molecule has 3 amide bonds. The summed E-state index contributed by atoms with van der Waals surface area (Å²) in [6.07, 6.45) is 2.13. The van der Waals surface area contributed by atoms with Crippen molar-refractivity contribution in [3.05, 3.63) is 36.0 Å². The van der Waals surface area contributed by atoms with Crippen LogP contribution in [0.4, 0.5) is 0 Å². The molecule has 1 aromatic carbocycles. The van der Waals surface area contributed by atoms with E-state index >= 15 is 0 Å². The third-order valence-electron chi connectivity index (χ3n) is 4.91. The Balaban J connectivity index is 2.19. The number of fused-ring (bicyclic) bond motifs is 1. The number of rotatable bonds is 11. The van der Waals surface area contributed by atoms with Gasteiger partial charge in [0.05, 0.1) is 12.6 Å². The van der Waals surface area contributed by atoms with Gasteiger partial charge in [0.2, 0.25) is 17.7 Å². The number of carboxylic acid groups (broad SMARTS) is 1. The van der Waals surface area contributed by atoms with Crippen molar-refractivity contribution < 1.29 is 24.3 Å². The van der Waals surface area contributed by atoms with Crippen LogP contribution in [-0.4, -0.2) is 58.5 Å². The number of benzene rings is 1. The molecule has 2 rings (SSSR count). The minimum absolute atomic E-state index is 0.0477. The lowest BCUT2D eigenvalue weighted by atomic mass is 10.0. The van der Waals surface area contributed by atoms with Crippen molar-refractivity contribution in [2.45, 2.75) is 51.7 Å². The summed E-state index contributed by atoms with van der Waals surface area (Å²) in [7, 11) is 0. The lowest BCUT2D eigenvalue weighted by molar-refractivity contribution is -0.142. The quantitative estimate of drug-likeness (QED) is 0.290. The molecule has 174 valence electrons. The Morgan fingerprint density at radius 3 is 2.34 bits per heavy atom. The second kappa shape index (κ2) is 11.3. The highest BCUT2D eigenvalue weighted by Crippen LogP contribution is 2.19. The number of hydrogen-bond acceptors (Lipinski definition) is 5. The Morgan fingerprint density at radius 1 is 1.03 bits per heavy atom. The summed E-state index contributed by atoms with van der Waals surface area (Å²) in [5, 5.41) is 17.9. The molecule has 0 aliphatic carbocycles. The Kier molecular flexibility index (Phi) is 8.77. The van der Waals surface area contributed by atoms with Crippen LogP contribution in [0.1, 0.15) is 32.8 Å². The van der Waals surface area contributed by atoms with Gasteiger partial charge in [-0.2, -0.15) is 0 Å². The molecule has 3 unspecified atom stereocenters. The Morgan fingerprint density at radius 2 is 1.72 bits per heavy atom. The van der Waals surface area contributed by atoms with Crippen molar-refractivity contribution in [1.29, 1.82) is 0 Å². The molecule has 0 spiro atoms. The fourth-order valence-electron chi connectivity index (χ4n) is 3.27. The number of aromatic nitrogens is 1. The standard InChI is InChI=1S/C22H31N5O5/c1-12(2)8-18(22(31)32)27-21(30)17(26-19(28)11-25-20(29)13(3)23)9-14-10-24-16-7-5-4-6-15(14)16/h4-7,10,12-13,17-18,24H,8-9,11,23H2,1-3H3,(H,25,29)(H,26,28)(H,27,30)(H,31,32). The molecule has 0 fully saturated rings. The molecule has 10 nitrogen and oxygen atoms in total. The number of aliphatic carboxylic acids is 1. The Hall–Kier alpha value is -3.40. The zero-order valence-electron chi connectivity index (χ0n) is 18.5. The highest BCUT2D eigenvalue weighted by atomic mass is 16.4. The van der Waals surface area contributed by atoms with Crippen LogP contribution >= 0.6 is 0 Å². The minimum atomic E-state index is -1.14. The molecule has 0 aliphatic rings. The van der Waals surface area contributed by atoms with Gasteiger partial charge in [-0.25, -0.2) is 4.79 Å². The highest BCUT2D eigenvalue weighted by molar-refractivity contribution is 5.93. The van der Waals surface area contributed by atoms with E-state index in [0.29, 0.717) is 0 Å². The average Bonchev–Trinajstić information content (AvgIpc) is 3.13. The van der Waals surface area contributed by atoms with Gasteiger partial charge in [-0.05, 0) is 30.9 Å². The summed E-state index contributed by atoms with van der Waals surface area (Å²) >= 11 is 0. The third kappa shape index (κ3) is 7.09. The second-order valence-electron chi connectivity index (χ2n) is 8.22. The molecule has 1 aromatic heterocycles. The van der Waals surface area contributed by atoms with Crippen LogP contribution in [0.15, 0.2) is 30.5 Å². The zero-order valence-corrected chi connectivity index (χ0v) is 18.5. The topological polar surface area (TPSA) is 166 Å². The van der Waals surface area contributed by atoms with E-state index in [9.17, 15) is 24.3 Å². The summed E-state index contributed by atoms with van der Waals surface area (Å²) in [4.78, 5) is 51.7. The van der Waals surface area contributed by atoms with Crippen molar-refractivity contribution in [3.8, 4) is 0 Å². The maximum absolute atomic E-state index is 13.0. The number of nitrogens with two attached hydrogens (primary N) is 1. The van der Waals surface area contributed by atoms with Crippen LogP contribution < -0.4 is 21.7 Å². The number of carbonyl (C=O) groups excluding carboxylic acids is 3. The number of nitrogens with one attached hydrogen (secondary N) is 4. The average molecular weight is 446 g/mol. The number of carboxylic acids is 1. The fourth-order valence-corrected chi connectivity index (χ4v) is 3.27. The van der Waals surface area contributed by atoms with E-state index in [2.05, 4.69) is 20.9 Å². The maximum Gasteiger partial charge on any atom is 0.326 e. The normalized spacial score (nSPS) is 13.9. The summed E-state index contributed by atoms with van der Waals surface area (Å²) in [6, 6.07) is 4.61. The fraction of sp³-hybridized carbons (Fsp3) is 0.455. The van der Waals surface area contributed by atoms with Crippen LogP contribution in [-0.2, 0) is 25.6 Å². The van der Waals surface area contributed by atoms with Crippen molar-refractivity contribution in [2.24, 2.45) is 11.7 Å². The third-order valence-corrected chi connectivity index (χ3v) is 4.91. The summed E-state index contributed by atoms with van der Waals surface area (Å²) < 4.78 is 0. The SMILES string of the molecule is CC(C)CC(NC(=O)C(Cc1c[nH]c2ccccc12)NC(=O)CNC(=O)C(C)N)C(=O)O. The van der Waals surface area contributed by atoms with Crippen molar-refractivity contribution in [3.63, 3.8) is 0 Å². The molecule has 1 heterocycles. The van der Waals surface area contributed by atoms with Gasteiger partial charge in [0.1, 0.15) is 12.1 Å². The van der Waals surface area contributed by atoms with Crippen LogP contribution in [0.5, 0.6) is 0 Å². The smallest absolute Gasteiger partial charge is 0.326 e. The largest absolute Gasteiger partial charge is 0.480 e. The lowest BCUT2D eigenvalue weighted by Gasteiger charge is -2.22. The first-order valence-corrected chi connectivity index (χ1v) is 10.5. The number of amides is 3. The van der Waals surface area contributed by atoms with Crippen molar-refractivity contribution in [2.75, 3.05) is 6.54 Å². The molecule has 0 radical (unpaired) electrons. The molecule has 0 saturated heterocycles. The first kappa shape index (κ1) is 24.9. The van der Waals surface area contributed by atoms with Crippen LogP contribution in [0.2, 0.25) is 0 Å². The first-order chi connectivity index (χ1) is 15.1. The van der Waals surface area contributed by atoms with Crippen LogP contribution in [0.3, 0.4) is 0 Å². The highest BCUT2D eigenvalue weighted by Gasteiger charge is 2.28. The van der Waals surface area contributed by atoms with Gasteiger partial charge in [-0.15, -0.1) is 0 Å². The summed E-state index contributed by atoms with van der Waals surface area (Å²) in [5.74, 6) is -2.80. The van der Waals surface area contributed by atoms with E-state index in [-0.39, 0.29) is 25.3 Å². The molecule has 0 saturated carbocycles. The molecule has 2 aromatic rings. The molecule has 3 atom stereocenters. The monoisotopic (exact) mass is 445 g/mol. The maximum atomic E-state index is 13.0. The van der Waals surface area contributed by atoms with Gasteiger partial charge in [-0.1, -0.05) is 32.0 Å². The number of hydrogen-bond donors (Lipinski definition) is 6. The lowest BCUT2D eigenvalue weighted by Crippen LogP contribution is -2.54. The minimum Gasteiger partial charge on any atom is -0.480 e. The van der Waals surface area contributed by atoms with E-state index in [4.69, 9.17) is 5.73 Å². The van der Waals surface area contributed by atoms with Crippen LogP contribution in [0, 0.1) is 5.92 Å². The van der Waals surface area contributed by atoms with E-state index in [0.717, 1.165) is 16.5 Å². The Bertz CT molecular complexity index is 969. The first-order valence-electron chi connectivity index (χ1n) is 10.5. The molecule has 0 aliphatic heterocycles. The van der Waals surface area contributed by atoms with Crippen LogP contribution in [0.25, 0.3) is 10.9 Å². The number of para-hydroxylation sites is 1. The van der Waals surface area contributed by atoms with E-state index in [1.165, 1.54) is 6.92 Å². The van der Waals surface area contributed by atoms with E-state index in [1.807, 2.05) is 38.1 Å². The van der Waals surface area contributed by atoms with Gasteiger partial charge >= 0.3 is 5.97 Å². The zero-order chi connectivity index (χ0) is 23.8. The molecular weight excluding hydrogens is 414 g/mol. The number of carbonyl (C=O) groups is 4. The number of aromatic amines is 1. The van der Waals surface area contributed by atoms with Gasteiger partial charge in [0, 0.05) is 23.5 Å². The Labute approximate surface area is 186 Å². The summed E-state index contributed by atoms with van der Waals surface area (Å²) in [6.45, 7) is 4.84. The molecule has 0 bridgehead atoms. The van der Waals surface area contributed by atoms with Crippen molar-refractivity contribution >= 4 is 34.6 Å². The van der Waals surface area contributed by atoms with Crippen molar-refractivity contribution in [1.82, 2.24) is 20.9 Å². The molecule has 7 N–H and O–H groups in total. The van der Waals surface area contributed by atoms with Gasteiger partial charge in [-0.3, -0.25) is 14.4 Å². The second-order valence-corrected chi connectivity index (χ2v) is 8.22. The number of H-pyrrole nitrogens is 1. The predicted octanol–water partition coefficient (Wildman–Crippen LogP) is 0.274. The predicted molar refractivity (Wildman–Crippen MR) is 120 cm³/mol. The van der Waals surface area contributed by atoms with E-state index in [1.54, 1.807) is 6.20 Å². The van der Waals surface area contributed by atoms with E-state index < -0.39 is 41.8 Å². The van der Waals surface area contributed by atoms with Gasteiger partial charge < -0.3 is 31.8 Å². The molecule has 32 heavy (non-hydrogen) atoms.